The van der Waals surface area contributed by atoms with E-state index in [1.807, 2.05) is 38.1 Å². The molecule has 0 fully saturated rings. The highest BCUT2D eigenvalue weighted by Gasteiger charge is 2.38. The van der Waals surface area contributed by atoms with Crippen LogP contribution in [0.2, 0.25) is 0 Å². The van der Waals surface area contributed by atoms with E-state index < -0.39 is 5.41 Å². The molecule has 2 aromatic carbocycles. The molecule has 130 valence electrons. The highest BCUT2D eigenvalue weighted by atomic mass is 16.5. The van der Waals surface area contributed by atoms with E-state index in [-0.39, 0.29) is 11.8 Å². The fourth-order valence-corrected chi connectivity index (χ4v) is 2.93. The zero-order chi connectivity index (χ0) is 18.0. The first-order valence-corrected chi connectivity index (χ1v) is 8.29. The number of carbonyl (C=O) groups is 2. The maximum absolute atomic E-state index is 12.4. The van der Waals surface area contributed by atoms with Crippen LogP contribution >= 0.6 is 0 Å². The van der Waals surface area contributed by atoms with Gasteiger partial charge in [0.25, 0.3) is 5.91 Å². The molecule has 0 bridgehead atoms. The first-order valence-electron chi connectivity index (χ1n) is 8.29. The molecule has 0 unspecified atom stereocenters. The average Bonchev–Trinajstić information content (AvgIpc) is 2.84. The maximum Gasteiger partial charge on any atom is 0.251 e. The smallest absolute Gasteiger partial charge is 0.251 e. The lowest BCUT2D eigenvalue weighted by molar-refractivity contribution is -0.119. The molecule has 1 aliphatic heterocycles. The largest absolute Gasteiger partial charge is 0.497 e. The van der Waals surface area contributed by atoms with Crippen LogP contribution < -0.4 is 15.4 Å². The molecular weight excluding hydrogens is 316 g/mol. The van der Waals surface area contributed by atoms with Gasteiger partial charge < -0.3 is 15.4 Å². The fraction of sp³-hybridized carbons (Fsp3) is 0.300. The van der Waals surface area contributed by atoms with Gasteiger partial charge in [-0.3, -0.25) is 9.59 Å². The monoisotopic (exact) mass is 338 g/mol. The lowest BCUT2D eigenvalue weighted by atomic mass is 9.85. The van der Waals surface area contributed by atoms with Gasteiger partial charge in [0, 0.05) is 17.8 Å². The van der Waals surface area contributed by atoms with Crippen molar-refractivity contribution >= 4 is 17.5 Å². The molecule has 0 atom stereocenters. The second-order valence-corrected chi connectivity index (χ2v) is 6.69. The number of nitrogens with one attached hydrogen (secondary N) is 2. The van der Waals surface area contributed by atoms with Crippen molar-refractivity contribution in [1.82, 2.24) is 5.32 Å². The molecule has 0 saturated heterocycles. The third kappa shape index (κ3) is 3.36. The highest BCUT2D eigenvalue weighted by Crippen LogP contribution is 2.37. The minimum absolute atomic E-state index is 0.0421. The van der Waals surface area contributed by atoms with E-state index in [2.05, 4.69) is 10.6 Å². The van der Waals surface area contributed by atoms with Crippen LogP contribution in [0, 0.1) is 0 Å². The van der Waals surface area contributed by atoms with Gasteiger partial charge in [-0.15, -0.1) is 0 Å². The first-order chi connectivity index (χ1) is 11.9. The number of methoxy groups -OCH3 is 1. The van der Waals surface area contributed by atoms with Crippen molar-refractivity contribution in [3.05, 3.63) is 59.2 Å². The zero-order valence-corrected chi connectivity index (χ0v) is 14.7. The Labute approximate surface area is 147 Å². The molecule has 0 aliphatic carbocycles. The molecule has 2 amide bonds. The molecule has 0 aromatic heterocycles. The van der Waals surface area contributed by atoms with Gasteiger partial charge >= 0.3 is 0 Å². The quantitative estimate of drug-likeness (QED) is 0.881. The van der Waals surface area contributed by atoms with Gasteiger partial charge in [-0.1, -0.05) is 12.1 Å². The van der Waals surface area contributed by atoms with E-state index in [0.717, 1.165) is 29.0 Å². The summed E-state index contributed by atoms with van der Waals surface area (Å²) in [5, 5.41) is 5.78. The molecule has 1 heterocycles. The molecule has 5 heteroatoms. The van der Waals surface area contributed by atoms with E-state index in [1.165, 1.54) is 0 Å². The van der Waals surface area contributed by atoms with Gasteiger partial charge in [0.1, 0.15) is 5.75 Å². The number of carbonyl (C=O) groups excluding carboxylic acids is 2. The summed E-state index contributed by atoms with van der Waals surface area (Å²) in [6.45, 7) is 4.27. The predicted molar refractivity (Wildman–Crippen MR) is 97.1 cm³/mol. The van der Waals surface area contributed by atoms with Crippen LogP contribution in [-0.2, 0) is 16.6 Å². The Hall–Kier alpha value is -2.82. The van der Waals surface area contributed by atoms with Gasteiger partial charge in [0.2, 0.25) is 5.91 Å². The Balaban J connectivity index is 1.62. The number of ether oxygens (including phenoxy) is 1. The predicted octanol–water partition coefficient (Wildman–Crippen LogP) is 2.90. The molecule has 3 rings (SSSR count). The Morgan fingerprint density at radius 3 is 2.56 bits per heavy atom. The average molecular weight is 338 g/mol. The van der Waals surface area contributed by atoms with Gasteiger partial charge in [-0.2, -0.15) is 0 Å². The summed E-state index contributed by atoms with van der Waals surface area (Å²) in [7, 11) is 1.64. The third-order valence-electron chi connectivity index (χ3n) is 4.63. The van der Waals surface area contributed by atoms with Crippen molar-refractivity contribution in [2.75, 3.05) is 19.0 Å². The lowest BCUT2D eigenvalue weighted by Gasteiger charge is -2.15. The summed E-state index contributed by atoms with van der Waals surface area (Å²) >= 11 is 0. The summed E-state index contributed by atoms with van der Waals surface area (Å²) < 4.78 is 5.13. The highest BCUT2D eigenvalue weighted by molar-refractivity contribution is 6.07. The molecule has 0 saturated carbocycles. The van der Waals surface area contributed by atoms with Crippen molar-refractivity contribution < 1.29 is 14.3 Å². The molecule has 1 aliphatic rings. The van der Waals surface area contributed by atoms with E-state index in [9.17, 15) is 9.59 Å². The topological polar surface area (TPSA) is 67.4 Å². The van der Waals surface area contributed by atoms with Crippen molar-refractivity contribution in [3.8, 4) is 5.75 Å². The maximum atomic E-state index is 12.4. The molecule has 5 nitrogen and oxygen atoms in total. The van der Waals surface area contributed by atoms with Crippen molar-refractivity contribution in [3.63, 3.8) is 0 Å². The van der Waals surface area contributed by atoms with Crippen molar-refractivity contribution in [2.45, 2.75) is 25.7 Å². The number of amides is 2. The third-order valence-corrected chi connectivity index (χ3v) is 4.63. The van der Waals surface area contributed by atoms with Crippen LogP contribution in [0.15, 0.2) is 42.5 Å². The molecular formula is C20H22N2O3. The molecule has 0 radical (unpaired) electrons. The summed E-state index contributed by atoms with van der Waals surface area (Å²) in [5.74, 6) is 0.641. The number of fused-ring (bicyclic) bond motifs is 1. The Morgan fingerprint density at radius 1 is 1.16 bits per heavy atom. The second-order valence-electron chi connectivity index (χ2n) is 6.69. The van der Waals surface area contributed by atoms with Crippen LogP contribution in [0.25, 0.3) is 0 Å². The molecule has 2 aromatic rings. The van der Waals surface area contributed by atoms with Crippen molar-refractivity contribution in [2.24, 2.45) is 0 Å². The summed E-state index contributed by atoms with van der Waals surface area (Å²) in [4.78, 5) is 24.4. The summed E-state index contributed by atoms with van der Waals surface area (Å²) in [6, 6.07) is 13.1. The van der Waals surface area contributed by atoms with Crippen LogP contribution in [-0.4, -0.2) is 25.5 Å². The van der Waals surface area contributed by atoms with E-state index >= 15 is 0 Å². The van der Waals surface area contributed by atoms with Gasteiger partial charge in [0.05, 0.1) is 12.5 Å². The van der Waals surface area contributed by atoms with Gasteiger partial charge in [0.15, 0.2) is 0 Å². The SMILES string of the molecule is COc1ccc(CCNC(=O)c2ccc3c(c2)C(C)(C)C(=O)N3)cc1. The standard InChI is InChI=1S/C20H22N2O3/c1-20(2)16-12-14(6-9-17(16)22-19(20)24)18(23)21-11-10-13-4-7-15(25-3)8-5-13/h4-9,12H,10-11H2,1-3H3,(H,21,23)(H,22,24). The van der Waals surface area contributed by atoms with E-state index in [1.54, 1.807) is 25.3 Å². The number of rotatable bonds is 5. The van der Waals surface area contributed by atoms with Crippen LogP contribution in [0.5, 0.6) is 5.75 Å². The van der Waals surface area contributed by atoms with E-state index in [0.29, 0.717) is 12.1 Å². The zero-order valence-electron chi connectivity index (χ0n) is 14.7. The minimum Gasteiger partial charge on any atom is -0.497 e. The Kier molecular flexibility index (Phi) is 4.49. The lowest BCUT2D eigenvalue weighted by Crippen LogP contribution is -2.28. The van der Waals surface area contributed by atoms with Gasteiger partial charge in [-0.05, 0) is 61.7 Å². The minimum atomic E-state index is -0.616. The molecule has 25 heavy (non-hydrogen) atoms. The molecule has 2 N–H and O–H groups in total. The number of hydrogen-bond acceptors (Lipinski definition) is 3. The van der Waals surface area contributed by atoms with Crippen LogP contribution in [0.3, 0.4) is 0 Å². The normalized spacial score (nSPS) is 14.6. The second kappa shape index (κ2) is 6.59. The first kappa shape index (κ1) is 17.0. The Morgan fingerprint density at radius 2 is 1.88 bits per heavy atom. The fourth-order valence-electron chi connectivity index (χ4n) is 2.93. The number of benzene rings is 2. The van der Waals surface area contributed by atoms with E-state index in [4.69, 9.17) is 4.74 Å². The summed E-state index contributed by atoms with van der Waals surface area (Å²) in [6.07, 6.45) is 0.742. The summed E-state index contributed by atoms with van der Waals surface area (Å²) in [5.41, 5.74) is 2.73. The van der Waals surface area contributed by atoms with Crippen LogP contribution in [0.4, 0.5) is 5.69 Å². The van der Waals surface area contributed by atoms with Crippen molar-refractivity contribution in [1.29, 1.82) is 0 Å². The van der Waals surface area contributed by atoms with Crippen LogP contribution in [0.1, 0.15) is 35.3 Å². The number of hydrogen-bond donors (Lipinski definition) is 2. The van der Waals surface area contributed by atoms with Gasteiger partial charge in [-0.25, -0.2) is 0 Å². The Bertz CT molecular complexity index is 810. The molecule has 0 spiro atoms. The number of anilines is 1.